The molecule has 0 aliphatic carbocycles. The fourth-order valence-corrected chi connectivity index (χ4v) is 1.68. The van der Waals surface area contributed by atoms with Crippen molar-refractivity contribution in [3.05, 3.63) is 22.2 Å². The Bertz CT molecular complexity index is 237. The number of hydrogen-bond donors (Lipinski definition) is 0. The van der Waals surface area contributed by atoms with Crippen molar-refractivity contribution < 1.29 is 0 Å². The maximum atomic E-state index is 4.35. The van der Waals surface area contributed by atoms with Gasteiger partial charge < -0.3 is 0 Å². The highest BCUT2D eigenvalue weighted by atomic mass is 32.1. The molecule has 0 radical (unpaired) electrons. The van der Waals surface area contributed by atoms with Crippen LogP contribution in [0, 0.1) is 6.92 Å². The van der Waals surface area contributed by atoms with E-state index in [2.05, 4.69) is 25.4 Å². The van der Waals surface area contributed by atoms with Crippen LogP contribution in [0.1, 0.15) is 22.5 Å². The monoisotopic (exact) mass is 153 g/mol. The van der Waals surface area contributed by atoms with E-state index in [1.54, 1.807) is 11.3 Å². The third-order valence-electron chi connectivity index (χ3n) is 1.37. The number of thiazole rings is 1. The Hall–Kier alpha value is -0.630. The lowest BCUT2D eigenvalue weighted by Gasteiger charge is -1.81. The van der Waals surface area contributed by atoms with Crippen molar-refractivity contribution in [3.8, 4) is 0 Å². The lowest BCUT2D eigenvalue weighted by Crippen LogP contribution is -1.76. The second-order valence-corrected chi connectivity index (χ2v) is 3.39. The van der Waals surface area contributed by atoms with Gasteiger partial charge in [-0.15, -0.1) is 11.3 Å². The molecular formula is C8H11NS. The summed E-state index contributed by atoms with van der Waals surface area (Å²) in [5.41, 5.74) is 1.04. The first-order valence-corrected chi connectivity index (χ1v) is 4.18. The van der Waals surface area contributed by atoms with E-state index >= 15 is 0 Å². The number of nitrogens with zero attached hydrogens (tertiary/aromatic N) is 1. The van der Waals surface area contributed by atoms with Gasteiger partial charge in [0.25, 0.3) is 0 Å². The molecule has 54 valence electrons. The highest BCUT2D eigenvalue weighted by Gasteiger charge is 2.00. The number of hydrogen-bond acceptors (Lipinski definition) is 2. The van der Waals surface area contributed by atoms with Crippen LogP contribution in [0.2, 0.25) is 0 Å². The fourth-order valence-electron chi connectivity index (χ4n) is 0.805. The molecular weight excluding hydrogens is 142 g/mol. The van der Waals surface area contributed by atoms with Gasteiger partial charge in [0.1, 0.15) is 0 Å². The van der Waals surface area contributed by atoms with Gasteiger partial charge in [-0.25, -0.2) is 4.98 Å². The molecule has 0 amide bonds. The normalized spacial score (nSPS) is 9.80. The molecule has 0 saturated carbocycles. The highest BCUT2D eigenvalue weighted by molar-refractivity contribution is 7.11. The third-order valence-corrected chi connectivity index (χ3v) is 2.50. The molecule has 0 aromatic carbocycles. The van der Waals surface area contributed by atoms with Crippen LogP contribution in [0.3, 0.4) is 0 Å². The van der Waals surface area contributed by atoms with Crippen LogP contribution in [0.4, 0.5) is 0 Å². The number of aryl methyl sites for hydroxylation is 2. The molecule has 0 unspecified atom stereocenters. The first-order chi connectivity index (χ1) is 4.77. The summed E-state index contributed by atoms with van der Waals surface area (Å²) in [6.45, 7) is 7.88. The maximum Gasteiger partial charge on any atom is 0.0932 e. The van der Waals surface area contributed by atoms with Crippen LogP contribution in [-0.4, -0.2) is 4.98 Å². The lowest BCUT2D eigenvalue weighted by molar-refractivity contribution is 1.09. The Kier molecular flexibility index (Phi) is 2.22. The standard InChI is InChI=1S/C8H11NS/c1-4-7-6(3)10-8(5-2)9-7/h4H,1,5H2,2-3H3. The van der Waals surface area contributed by atoms with E-state index in [1.165, 1.54) is 9.88 Å². The zero-order chi connectivity index (χ0) is 7.56. The highest BCUT2D eigenvalue weighted by Crippen LogP contribution is 2.18. The summed E-state index contributed by atoms with van der Waals surface area (Å²) >= 11 is 1.76. The average molecular weight is 153 g/mol. The van der Waals surface area contributed by atoms with Gasteiger partial charge in [0.2, 0.25) is 0 Å². The summed E-state index contributed by atoms with van der Waals surface area (Å²) in [5, 5.41) is 1.20. The van der Waals surface area contributed by atoms with Gasteiger partial charge in [-0.3, -0.25) is 0 Å². The van der Waals surface area contributed by atoms with Gasteiger partial charge in [-0.05, 0) is 19.4 Å². The van der Waals surface area contributed by atoms with Gasteiger partial charge in [-0.1, -0.05) is 13.5 Å². The summed E-state index contributed by atoms with van der Waals surface area (Å²) < 4.78 is 0. The minimum Gasteiger partial charge on any atom is -0.242 e. The van der Waals surface area contributed by atoms with Gasteiger partial charge in [0.05, 0.1) is 10.7 Å². The molecule has 0 N–H and O–H groups in total. The smallest absolute Gasteiger partial charge is 0.0932 e. The molecule has 0 saturated heterocycles. The molecule has 0 aliphatic rings. The summed E-state index contributed by atoms with van der Waals surface area (Å²) in [5.74, 6) is 0. The van der Waals surface area contributed by atoms with Gasteiger partial charge in [0, 0.05) is 4.88 Å². The van der Waals surface area contributed by atoms with Crippen molar-refractivity contribution in [2.75, 3.05) is 0 Å². The lowest BCUT2D eigenvalue weighted by atomic mass is 10.4. The number of aromatic nitrogens is 1. The molecule has 1 aromatic heterocycles. The Morgan fingerprint density at radius 2 is 2.40 bits per heavy atom. The minimum absolute atomic E-state index is 1.03. The third kappa shape index (κ3) is 1.27. The van der Waals surface area contributed by atoms with E-state index in [-0.39, 0.29) is 0 Å². The Morgan fingerprint density at radius 1 is 1.70 bits per heavy atom. The van der Waals surface area contributed by atoms with E-state index in [4.69, 9.17) is 0 Å². The zero-order valence-electron chi connectivity index (χ0n) is 6.35. The molecule has 0 fully saturated rings. The predicted molar refractivity (Wildman–Crippen MR) is 46.3 cm³/mol. The van der Waals surface area contributed by atoms with Crippen LogP contribution in [0.25, 0.3) is 6.08 Å². The maximum absolute atomic E-state index is 4.35. The van der Waals surface area contributed by atoms with E-state index in [0.717, 1.165) is 12.1 Å². The Morgan fingerprint density at radius 3 is 2.70 bits per heavy atom. The van der Waals surface area contributed by atoms with Crippen molar-refractivity contribution in [1.29, 1.82) is 0 Å². The molecule has 0 spiro atoms. The van der Waals surface area contributed by atoms with Crippen LogP contribution in [0.5, 0.6) is 0 Å². The van der Waals surface area contributed by atoms with Crippen molar-refractivity contribution in [2.45, 2.75) is 20.3 Å². The van der Waals surface area contributed by atoms with E-state index < -0.39 is 0 Å². The van der Waals surface area contributed by atoms with E-state index in [9.17, 15) is 0 Å². The van der Waals surface area contributed by atoms with Gasteiger partial charge in [0.15, 0.2) is 0 Å². The van der Waals surface area contributed by atoms with Gasteiger partial charge >= 0.3 is 0 Å². The summed E-state index contributed by atoms with van der Waals surface area (Å²) in [6, 6.07) is 0. The minimum atomic E-state index is 1.03. The molecule has 10 heavy (non-hydrogen) atoms. The Labute approximate surface area is 65.4 Å². The first-order valence-electron chi connectivity index (χ1n) is 3.36. The predicted octanol–water partition coefficient (Wildman–Crippen LogP) is 2.66. The molecule has 1 rings (SSSR count). The van der Waals surface area contributed by atoms with Crippen LogP contribution in [0.15, 0.2) is 6.58 Å². The second kappa shape index (κ2) is 2.97. The quantitative estimate of drug-likeness (QED) is 0.636. The molecule has 0 bridgehead atoms. The first kappa shape index (κ1) is 7.48. The number of rotatable bonds is 2. The zero-order valence-corrected chi connectivity index (χ0v) is 7.16. The summed E-state index contributed by atoms with van der Waals surface area (Å²) in [7, 11) is 0. The van der Waals surface area contributed by atoms with Crippen molar-refractivity contribution >= 4 is 17.4 Å². The molecule has 0 atom stereocenters. The van der Waals surface area contributed by atoms with Crippen molar-refractivity contribution in [1.82, 2.24) is 4.98 Å². The molecule has 0 aliphatic heterocycles. The van der Waals surface area contributed by atoms with Crippen LogP contribution in [-0.2, 0) is 6.42 Å². The van der Waals surface area contributed by atoms with Crippen LogP contribution < -0.4 is 0 Å². The van der Waals surface area contributed by atoms with E-state index in [0.29, 0.717) is 0 Å². The van der Waals surface area contributed by atoms with Crippen molar-refractivity contribution in [3.63, 3.8) is 0 Å². The molecule has 1 heterocycles. The second-order valence-electron chi connectivity index (χ2n) is 2.11. The fraction of sp³-hybridized carbons (Fsp3) is 0.375. The molecule has 1 nitrogen and oxygen atoms in total. The SMILES string of the molecule is C=Cc1nc(CC)sc1C. The average Bonchev–Trinajstić information content (AvgIpc) is 2.30. The summed E-state index contributed by atoms with van der Waals surface area (Å²) in [4.78, 5) is 5.62. The van der Waals surface area contributed by atoms with Crippen molar-refractivity contribution in [2.24, 2.45) is 0 Å². The molecule has 2 heteroatoms. The largest absolute Gasteiger partial charge is 0.242 e. The summed E-state index contributed by atoms with van der Waals surface area (Å²) in [6.07, 6.45) is 2.84. The van der Waals surface area contributed by atoms with E-state index in [1.807, 2.05) is 6.08 Å². The van der Waals surface area contributed by atoms with Gasteiger partial charge in [-0.2, -0.15) is 0 Å². The topological polar surface area (TPSA) is 12.9 Å². The van der Waals surface area contributed by atoms with Crippen LogP contribution >= 0.6 is 11.3 Å². The molecule has 1 aromatic rings. The Balaban J connectivity index is 3.03.